The van der Waals surface area contributed by atoms with Crippen molar-refractivity contribution in [3.05, 3.63) is 35.9 Å². The highest BCUT2D eigenvalue weighted by Crippen LogP contribution is 2.24. The lowest BCUT2D eigenvalue weighted by atomic mass is 9.93. The molecule has 2 rings (SSSR count). The van der Waals surface area contributed by atoms with Gasteiger partial charge in [-0.25, -0.2) is 0 Å². The van der Waals surface area contributed by atoms with Crippen LogP contribution < -0.4 is 11.1 Å². The predicted molar refractivity (Wildman–Crippen MR) is 90.9 cm³/mol. The molecule has 5 nitrogen and oxygen atoms in total. The summed E-state index contributed by atoms with van der Waals surface area (Å²) in [6.45, 7) is 2.23. The third-order valence-corrected chi connectivity index (χ3v) is 4.85. The molecule has 0 bridgehead atoms. The van der Waals surface area contributed by atoms with Crippen LogP contribution in [0.1, 0.15) is 31.4 Å². The van der Waals surface area contributed by atoms with E-state index >= 15 is 0 Å². The topological polar surface area (TPSA) is 75.4 Å². The van der Waals surface area contributed by atoms with E-state index in [0.29, 0.717) is 19.4 Å². The molecule has 144 valence electrons. The second-order valence-corrected chi connectivity index (χ2v) is 6.70. The Balaban J connectivity index is 1.77. The van der Waals surface area contributed by atoms with Gasteiger partial charge in [0.15, 0.2) is 0 Å². The van der Waals surface area contributed by atoms with Crippen molar-refractivity contribution < 1.29 is 22.8 Å². The van der Waals surface area contributed by atoms with Gasteiger partial charge in [-0.05, 0) is 24.3 Å². The second kappa shape index (κ2) is 8.53. The summed E-state index contributed by atoms with van der Waals surface area (Å²) < 4.78 is 37.3. The second-order valence-electron chi connectivity index (χ2n) is 6.70. The smallest absolute Gasteiger partial charge is 0.356 e. The van der Waals surface area contributed by atoms with E-state index in [1.165, 1.54) is 0 Å². The molecule has 8 heteroatoms. The van der Waals surface area contributed by atoms with Gasteiger partial charge in [0.2, 0.25) is 5.91 Å². The van der Waals surface area contributed by atoms with Crippen molar-refractivity contribution in [1.29, 1.82) is 0 Å². The van der Waals surface area contributed by atoms with Crippen LogP contribution in [0.15, 0.2) is 30.3 Å². The van der Waals surface area contributed by atoms with Crippen LogP contribution in [0.2, 0.25) is 0 Å². The largest absolute Gasteiger partial charge is 0.471 e. The molecule has 2 amide bonds. The fourth-order valence-corrected chi connectivity index (χ4v) is 3.05. The highest BCUT2D eigenvalue weighted by molar-refractivity contribution is 5.82. The quantitative estimate of drug-likeness (QED) is 0.834. The van der Waals surface area contributed by atoms with Crippen molar-refractivity contribution in [2.75, 3.05) is 19.6 Å². The number of benzene rings is 1. The van der Waals surface area contributed by atoms with E-state index in [2.05, 4.69) is 5.32 Å². The standard InChI is InChI=1S/C18H24F3N3O2/c1-12(15(22)14-5-3-2-4-6-14)16(25)23-11-13-7-9-24(10-8-13)17(26)18(19,20)21/h2-6,12-13,15H,7-11,22H2,1H3,(H,23,25). The number of rotatable bonds is 5. The maximum Gasteiger partial charge on any atom is 0.471 e. The molecule has 1 aromatic carbocycles. The lowest BCUT2D eigenvalue weighted by molar-refractivity contribution is -0.186. The summed E-state index contributed by atoms with van der Waals surface area (Å²) in [7, 11) is 0. The molecule has 1 aromatic rings. The lowest BCUT2D eigenvalue weighted by Gasteiger charge is -2.32. The summed E-state index contributed by atoms with van der Waals surface area (Å²) in [4.78, 5) is 24.3. The summed E-state index contributed by atoms with van der Waals surface area (Å²) in [5.74, 6) is -2.35. The number of carbonyl (C=O) groups is 2. The van der Waals surface area contributed by atoms with Crippen LogP contribution in [-0.4, -0.2) is 42.5 Å². The molecule has 0 aromatic heterocycles. The summed E-state index contributed by atoms with van der Waals surface area (Å²) in [5.41, 5.74) is 7.00. The first kappa shape index (κ1) is 20.2. The van der Waals surface area contributed by atoms with Crippen molar-refractivity contribution in [3.63, 3.8) is 0 Å². The number of halogens is 3. The zero-order chi connectivity index (χ0) is 19.3. The Morgan fingerprint density at radius 1 is 1.23 bits per heavy atom. The molecule has 2 atom stereocenters. The molecule has 2 unspecified atom stereocenters. The number of nitrogens with one attached hydrogen (secondary N) is 1. The fourth-order valence-electron chi connectivity index (χ4n) is 3.05. The molecule has 1 fully saturated rings. The molecule has 1 saturated heterocycles. The number of amides is 2. The molecule has 0 spiro atoms. The van der Waals surface area contributed by atoms with Crippen molar-refractivity contribution in [2.24, 2.45) is 17.6 Å². The van der Waals surface area contributed by atoms with E-state index in [1.54, 1.807) is 6.92 Å². The van der Waals surface area contributed by atoms with Crippen LogP contribution >= 0.6 is 0 Å². The summed E-state index contributed by atoms with van der Waals surface area (Å²) in [6.07, 6.45) is -3.97. The van der Waals surface area contributed by atoms with Gasteiger partial charge >= 0.3 is 12.1 Å². The minimum atomic E-state index is -4.83. The Hall–Kier alpha value is -2.09. The maximum atomic E-state index is 12.4. The highest BCUT2D eigenvalue weighted by Gasteiger charge is 2.43. The monoisotopic (exact) mass is 371 g/mol. The minimum absolute atomic E-state index is 0.0522. The molecule has 0 radical (unpaired) electrons. The summed E-state index contributed by atoms with van der Waals surface area (Å²) in [5, 5.41) is 2.83. The Morgan fingerprint density at radius 3 is 2.35 bits per heavy atom. The highest BCUT2D eigenvalue weighted by atomic mass is 19.4. The van der Waals surface area contributed by atoms with Crippen molar-refractivity contribution in [1.82, 2.24) is 10.2 Å². The molecule has 26 heavy (non-hydrogen) atoms. The van der Waals surface area contributed by atoms with Gasteiger partial charge in [0.1, 0.15) is 0 Å². The third kappa shape index (κ3) is 5.20. The van der Waals surface area contributed by atoms with Crippen LogP contribution in [0.3, 0.4) is 0 Å². The number of nitrogens with two attached hydrogens (primary N) is 1. The van der Waals surface area contributed by atoms with E-state index in [4.69, 9.17) is 5.73 Å². The molecule has 1 aliphatic heterocycles. The lowest BCUT2D eigenvalue weighted by Crippen LogP contribution is -2.47. The molecular weight excluding hydrogens is 347 g/mol. The molecular formula is C18H24F3N3O2. The van der Waals surface area contributed by atoms with E-state index in [0.717, 1.165) is 10.5 Å². The first-order valence-electron chi connectivity index (χ1n) is 8.64. The summed E-state index contributed by atoms with van der Waals surface area (Å²) in [6, 6.07) is 8.88. The van der Waals surface area contributed by atoms with Crippen LogP contribution in [0.5, 0.6) is 0 Å². The number of hydrogen-bond acceptors (Lipinski definition) is 3. The van der Waals surface area contributed by atoms with Crippen LogP contribution in [0, 0.1) is 11.8 Å². The van der Waals surface area contributed by atoms with E-state index in [1.807, 2.05) is 30.3 Å². The molecule has 0 saturated carbocycles. The SMILES string of the molecule is CC(C(=O)NCC1CCN(C(=O)C(F)(F)F)CC1)C(N)c1ccccc1. The average molecular weight is 371 g/mol. The summed E-state index contributed by atoms with van der Waals surface area (Å²) >= 11 is 0. The third-order valence-electron chi connectivity index (χ3n) is 4.85. The number of likely N-dealkylation sites (tertiary alicyclic amines) is 1. The van der Waals surface area contributed by atoms with Gasteiger partial charge in [-0.2, -0.15) is 13.2 Å². The maximum absolute atomic E-state index is 12.4. The number of hydrogen-bond donors (Lipinski definition) is 2. The van der Waals surface area contributed by atoms with Gasteiger partial charge in [-0.15, -0.1) is 0 Å². The molecule has 1 aliphatic rings. The Morgan fingerprint density at radius 2 is 1.81 bits per heavy atom. The number of carbonyl (C=O) groups excluding carboxylic acids is 2. The van der Waals surface area contributed by atoms with Gasteiger partial charge in [0, 0.05) is 25.7 Å². The van der Waals surface area contributed by atoms with Gasteiger partial charge < -0.3 is 16.0 Å². The Kier molecular flexibility index (Phi) is 6.63. The van der Waals surface area contributed by atoms with Gasteiger partial charge in [-0.1, -0.05) is 37.3 Å². The molecule has 3 N–H and O–H groups in total. The zero-order valence-corrected chi connectivity index (χ0v) is 14.6. The molecule has 1 heterocycles. The Labute approximate surface area is 150 Å². The minimum Gasteiger partial charge on any atom is -0.356 e. The van der Waals surface area contributed by atoms with Crippen molar-refractivity contribution >= 4 is 11.8 Å². The van der Waals surface area contributed by atoms with Crippen LogP contribution in [-0.2, 0) is 9.59 Å². The normalized spacial score (nSPS) is 18.3. The van der Waals surface area contributed by atoms with Crippen LogP contribution in [0.4, 0.5) is 13.2 Å². The van der Waals surface area contributed by atoms with Crippen molar-refractivity contribution in [3.8, 4) is 0 Å². The van der Waals surface area contributed by atoms with Gasteiger partial charge in [0.25, 0.3) is 0 Å². The van der Waals surface area contributed by atoms with Crippen molar-refractivity contribution in [2.45, 2.75) is 32.0 Å². The number of piperidine rings is 1. The van der Waals surface area contributed by atoms with Gasteiger partial charge in [-0.3, -0.25) is 9.59 Å². The Bertz CT molecular complexity index is 614. The number of nitrogens with zero attached hydrogens (tertiary/aromatic N) is 1. The zero-order valence-electron chi connectivity index (χ0n) is 14.6. The average Bonchev–Trinajstić information content (AvgIpc) is 2.64. The fraction of sp³-hybridized carbons (Fsp3) is 0.556. The predicted octanol–water partition coefficient (Wildman–Crippen LogP) is 2.24. The first-order chi connectivity index (χ1) is 12.2. The van der Waals surface area contributed by atoms with E-state index in [-0.39, 0.29) is 24.9 Å². The van der Waals surface area contributed by atoms with E-state index in [9.17, 15) is 22.8 Å². The number of alkyl halides is 3. The first-order valence-corrected chi connectivity index (χ1v) is 8.64. The van der Waals surface area contributed by atoms with E-state index < -0.39 is 24.0 Å². The van der Waals surface area contributed by atoms with Crippen LogP contribution in [0.25, 0.3) is 0 Å². The molecule has 0 aliphatic carbocycles. The van der Waals surface area contributed by atoms with Gasteiger partial charge in [0.05, 0.1) is 5.92 Å².